The number of nitrogens with zero attached hydrogens (tertiary/aromatic N) is 4. The summed E-state index contributed by atoms with van der Waals surface area (Å²) >= 11 is 0. The number of rotatable bonds is 4. The van der Waals surface area contributed by atoms with Crippen molar-refractivity contribution in [1.82, 2.24) is 14.9 Å². The molecule has 9 heteroatoms. The molecule has 0 aliphatic carbocycles. The van der Waals surface area contributed by atoms with Crippen molar-refractivity contribution in [2.45, 2.75) is 0 Å². The Kier molecular flexibility index (Phi) is 4.82. The van der Waals surface area contributed by atoms with Gasteiger partial charge >= 0.3 is 0 Å². The largest absolute Gasteiger partial charge is 0.352 e. The van der Waals surface area contributed by atoms with Gasteiger partial charge < -0.3 is 15.1 Å². The van der Waals surface area contributed by atoms with Crippen LogP contribution in [0.2, 0.25) is 0 Å². The van der Waals surface area contributed by atoms with Crippen LogP contribution in [0, 0.1) is 11.6 Å². The summed E-state index contributed by atoms with van der Waals surface area (Å²) in [4.78, 5) is 34.6. The van der Waals surface area contributed by atoms with Crippen LogP contribution in [-0.4, -0.2) is 53.4 Å². The molecule has 130 valence electrons. The van der Waals surface area contributed by atoms with Gasteiger partial charge in [0.2, 0.25) is 6.41 Å². The molecule has 0 saturated carbocycles. The lowest BCUT2D eigenvalue weighted by Crippen LogP contribution is -2.46. The zero-order valence-corrected chi connectivity index (χ0v) is 13.2. The van der Waals surface area contributed by atoms with E-state index in [1.54, 1.807) is 4.90 Å². The van der Waals surface area contributed by atoms with Crippen molar-refractivity contribution in [3.63, 3.8) is 0 Å². The molecule has 0 radical (unpaired) electrons. The van der Waals surface area contributed by atoms with E-state index < -0.39 is 17.5 Å². The molecule has 25 heavy (non-hydrogen) atoms. The molecule has 7 nitrogen and oxygen atoms in total. The minimum atomic E-state index is -0.869. The molecule has 0 bridgehead atoms. The third kappa shape index (κ3) is 3.87. The summed E-state index contributed by atoms with van der Waals surface area (Å²) in [7, 11) is 0. The van der Waals surface area contributed by atoms with Crippen LogP contribution in [-0.2, 0) is 4.79 Å². The normalized spacial score (nSPS) is 14.3. The molecule has 1 aromatic carbocycles. The predicted octanol–water partition coefficient (Wildman–Crippen LogP) is 1.29. The van der Waals surface area contributed by atoms with E-state index in [2.05, 4.69) is 15.3 Å². The predicted molar refractivity (Wildman–Crippen MR) is 86.2 cm³/mol. The molecule has 0 unspecified atom stereocenters. The first-order valence-corrected chi connectivity index (χ1v) is 7.59. The van der Waals surface area contributed by atoms with Crippen LogP contribution in [0.5, 0.6) is 0 Å². The Hall–Kier alpha value is -3.10. The third-order valence-corrected chi connectivity index (χ3v) is 3.84. The van der Waals surface area contributed by atoms with Gasteiger partial charge in [-0.2, -0.15) is 0 Å². The smallest absolute Gasteiger partial charge is 0.275 e. The Bertz CT molecular complexity index is 777. The number of amides is 2. The molecule has 0 spiro atoms. The number of benzene rings is 1. The third-order valence-electron chi connectivity index (χ3n) is 3.84. The number of halogens is 2. The molecule has 1 aliphatic rings. The first kappa shape index (κ1) is 16.7. The van der Waals surface area contributed by atoms with Crippen LogP contribution in [0.4, 0.5) is 20.3 Å². The summed E-state index contributed by atoms with van der Waals surface area (Å²) in [6.07, 6.45) is 3.55. The molecular formula is C16H15F2N5O2. The molecule has 1 aromatic heterocycles. The van der Waals surface area contributed by atoms with E-state index in [9.17, 15) is 18.4 Å². The molecule has 1 saturated heterocycles. The Labute approximate surface area is 142 Å². The summed E-state index contributed by atoms with van der Waals surface area (Å²) < 4.78 is 26.4. The standard InChI is InChI=1S/C16H15F2N5O2/c17-11-1-2-13(12(18)7-11)21-16(25)14-8-20-15(9-19-14)23-5-3-22(10-24)4-6-23/h1-2,7-10H,3-6H2,(H,21,25). The topological polar surface area (TPSA) is 78.4 Å². The van der Waals surface area contributed by atoms with Crippen LogP contribution in [0.25, 0.3) is 0 Å². The molecule has 1 N–H and O–H groups in total. The minimum absolute atomic E-state index is 0.0130. The average molecular weight is 347 g/mol. The second kappa shape index (κ2) is 7.20. The monoisotopic (exact) mass is 347 g/mol. The highest BCUT2D eigenvalue weighted by Crippen LogP contribution is 2.16. The van der Waals surface area contributed by atoms with E-state index in [1.807, 2.05) is 4.90 Å². The van der Waals surface area contributed by atoms with Gasteiger partial charge in [0, 0.05) is 32.2 Å². The van der Waals surface area contributed by atoms with Crippen molar-refractivity contribution < 1.29 is 18.4 Å². The van der Waals surface area contributed by atoms with Gasteiger partial charge in [0.25, 0.3) is 5.91 Å². The lowest BCUT2D eigenvalue weighted by atomic mass is 10.3. The number of hydrogen-bond donors (Lipinski definition) is 1. The quantitative estimate of drug-likeness (QED) is 0.843. The van der Waals surface area contributed by atoms with Crippen molar-refractivity contribution in [1.29, 1.82) is 0 Å². The van der Waals surface area contributed by atoms with Crippen LogP contribution in [0.3, 0.4) is 0 Å². The van der Waals surface area contributed by atoms with E-state index >= 15 is 0 Å². The first-order valence-electron chi connectivity index (χ1n) is 7.59. The molecule has 1 fully saturated rings. The van der Waals surface area contributed by atoms with E-state index in [-0.39, 0.29) is 11.4 Å². The van der Waals surface area contributed by atoms with E-state index in [0.717, 1.165) is 18.5 Å². The van der Waals surface area contributed by atoms with Gasteiger partial charge in [-0.05, 0) is 12.1 Å². The fourth-order valence-electron chi connectivity index (χ4n) is 2.44. The SMILES string of the molecule is O=CN1CCN(c2cnc(C(=O)Nc3ccc(F)cc3F)cn2)CC1. The molecular weight excluding hydrogens is 332 g/mol. The molecule has 3 rings (SSSR count). The fourth-order valence-corrected chi connectivity index (χ4v) is 2.44. The molecule has 1 aliphatic heterocycles. The molecule has 2 amide bonds. The van der Waals surface area contributed by atoms with Crippen LogP contribution >= 0.6 is 0 Å². The highest BCUT2D eigenvalue weighted by Gasteiger charge is 2.18. The molecule has 0 atom stereocenters. The molecule has 2 aromatic rings. The van der Waals surface area contributed by atoms with Crippen molar-refractivity contribution in [3.8, 4) is 0 Å². The lowest BCUT2D eigenvalue weighted by molar-refractivity contribution is -0.118. The maximum Gasteiger partial charge on any atom is 0.275 e. The lowest BCUT2D eigenvalue weighted by Gasteiger charge is -2.33. The Morgan fingerprint density at radius 2 is 1.88 bits per heavy atom. The highest BCUT2D eigenvalue weighted by molar-refractivity contribution is 6.02. The second-order valence-electron chi connectivity index (χ2n) is 5.47. The van der Waals surface area contributed by atoms with Gasteiger partial charge in [-0.25, -0.2) is 18.7 Å². The van der Waals surface area contributed by atoms with E-state index in [4.69, 9.17) is 0 Å². The van der Waals surface area contributed by atoms with E-state index in [1.165, 1.54) is 12.4 Å². The zero-order valence-electron chi connectivity index (χ0n) is 13.2. The maximum absolute atomic E-state index is 13.6. The number of carbonyl (C=O) groups is 2. The number of piperazine rings is 1. The van der Waals surface area contributed by atoms with Crippen LogP contribution in [0.1, 0.15) is 10.5 Å². The zero-order chi connectivity index (χ0) is 17.8. The number of carbonyl (C=O) groups excluding carboxylic acids is 2. The van der Waals surface area contributed by atoms with Crippen molar-refractivity contribution in [3.05, 3.63) is 47.9 Å². The van der Waals surface area contributed by atoms with Gasteiger partial charge in [0.1, 0.15) is 23.1 Å². The average Bonchev–Trinajstić information content (AvgIpc) is 2.64. The van der Waals surface area contributed by atoms with Gasteiger partial charge in [0.05, 0.1) is 18.1 Å². The maximum atomic E-state index is 13.6. The minimum Gasteiger partial charge on any atom is -0.352 e. The number of anilines is 2. The van der Waals surface area contributed by atoms with Crippen molar-refractivity contribution in [2.75, 3.05) is 36.4 Å². The summed E-state index contributed by atoms with van der Waals surface area (Å²) in [6.45, 7) is 2.44. The van der Waals surface area contributed by atoms with Crippen molar-refractivity contribution in [2.24, 2.45) is 0 Å². The number of hydrogen-bond acceptors (Lipinski definition) is 5. The van der Waals surface area contributed by atoms with Crippen LogP contribution < -0.4 is 10.2 Å². The summed E-state index contributed by atoms with van der Waals surface area (Å²) in [5.41, 5.74) is -0.124. The molecule has 2 heterocycles. The summed E-state index contributed by atoms with van der Waals surface area (Å²) in [5, 5.41) is 2.32. The van der Waals surface area contributed by atoms with Crippen molar-refractivity contribution >= 4 is 23.8 Å². The number of aromatic nitrogens is 2. The van der Waals surface area contributed by atoms with Gasteiger partial charge in [-0.15, -0.1) is 0 Å². The Morgan fingerprint density at radius 1 is 1.12 bits per heavy atom. The summed E-state index contributed by atoms with van der Waals surface area (Å²) in [5.74, 6) is -1.65. The number of nitrogens with one attached hydrogen (secondary N) is 1. The van der Waals surface area contributed by atoms with Crippen LogP contribution in [0.15, 0.2) is 30.6 Å². The highest BCUT2D eigenvalue weighted by atomic mass is 19.1. The van der Waals surface area contributed by atoms with Gasteiger partial charge in [-0.1, -0.05) is 0 Å². The van der Waals surface area contributed by atoms with Gasteiger partial charge in [0.15, 0.2) is 0 Å². The Balaban J connectivity index is 1.65. The fraction of sp³-hybridized carbons (Fsp3) is 0.250. The summed E-state index contributed by atoms with van der Waals surface area (Å²) in [6, 6.07) is 2.87. The van der Waals surface area contributed by atoms with E-state index in [0.29, 0.717) is 38.1 Å². The van der Waals surface area contributed by atoms with Gasteiger partial charge in [-0.3, -0.25) is 9.59 Å². The first-order chi connectivity index (χ1) is 12.1. The Morgan fingerprint density at radius 3 is 2.48 bits per heavy atom. The second-order valence-corrected chi connectivity index (χ2v) is 5.47.